The maximum absolute atomic E-state index is 13.0. The van der Waals surface area contributed by atoms with E-state index in [-0.39, 0.29) is 29.2 Å². The fourth-order valence-electron chi connectivity index (χ4n) is 1.96. The Morgan fingerprint density at radius 3 is 2.52 bits per heavy atom. The van der Waals surface area contributed by atoms with Crippen molar-refractivity contribution in [1.29, 1.82) is 0 Å². The van der Waals surface area contributed by atoms with Crippen LogP contribution in [0.2, 0.25) is 0 Å². The average molecular weight is 298 g/mol. The predicted molar refractivity (Wildman–Crippen MR) is 71.1 cm³/mol. The van der Waals surface area contributed by atoms with E-state index in [0.29, 0.717) is 13.1 Å². The van der Waals surface area contributed by atoms with Gasteiger partial charge in [-0.3, -0.25) is 9.78 Å². The highest BCUT2D eigenvalue weighted by Crippen LogP contribution is 2.25. The summed E-state index contributed by atoms with van der Waals surface area (Å²) in [5, 5.41) is 5.10. The van der Waals surface area contributed by atoms with Gasteiger partial charge in [-0.15, -0.1) is 0 Å². The molecule has 6 nitrogen and oxygen atoms in total. The van der Waals surface area contributed by atoms with Gasteiger partial charge < -0.3 is 15.5 Å². The number of urea groups is 1. The molecule has 0 aromatic carbocycles. The molecule has 21 heavy (non-hydrogen) atoms. The molecule has 1 aromatic heterocycles. The highest BCUT2D eigenvalue weighted by molar-refractivity contribution is 5.94. The van der Waals surface area contributed by atoms with Crippen molar-refractivity contribution in [2.75, 3.05) is 20.1 Å². The van der Waals surface area contributed by atoms with Crippen molar-refractivity contribution >= 4 is 11.9 Å². The van der Waals surface area contributed by atoms with E-state index in [2.05, 4.69) is 15.6 Å². The Morgan fingerprint density at radius 1 is 1.38 bits per heavy atom. The van der Waals surface area contributed by atoms with Crippen LogP contribution in [-0.4, -0.2) is 48.0 Å². The summed E-state index contributed by atoms with van der Waals surface area (Å²) in [6.07, 6.45) is 1.15. The summed E-state index contributed by atoms with van der Waals surface area (Å²) < 4.78 is 26.1. The number of nitrogens with zero attached hydrogens (tertiary/aromatic N) is 2. The van der Waals surface area contributed by atoms with E-state index >= 15 is 0 Å². The van der Waals surface area contributed by atoms with E-state index in [1.54, 1.807) is 0 Å². The molecule has 0 saturated carbocycles. The molecule has 0 atom stereocenters. The molecule has 0 radical (unpaired) electrons. The van der Waals surface area contributed by atoms with Crippen LogP contribution < -0.4 is 10.6 Å². The normalized spacial score (nSPS) is 15.3. The maximum atomic E-state index is 13.0. The number of amides is 3. The SMILES string of the molecule is CNC(=O)NC1CN(C(=O)c2ccc(C(C)(F)F)nc2)C1. The Bertz CT molecular complexity index is 536. The van der Waals surface area contributed by atoms with Crippen LogP contribution in [0, 0.1) is 0 Å². The minimum Gasteiger partial charge on any atom is -0.341 e. The van der Waals surface area contributed by atoms with Crippen molar-refractivity contribution in [1.82, 2.24) is 20.5 Å². The highest BCUT2D eigenvalue weighted by Gasteiger charge is 2.32. The van der Waals surface area contributed by atoms with Gasteiger partial charge in [0.1, 0.15) is 5.69 Å². The van der Waals surface area contributed by atoms with Crippen molar-refractivity contribution in [3.63, 3.8) is 0 Å². The number of nitrogens with one attached hydrogen (secondary N) is 2. The molecule has 0 bridgehead atoms. The molecule has 0 spiro atoms. The number of alkyl halides is 2. The Labute approximate surface area is 120 Å². The van der Waals surface area contributed by atoms with Crippen molar-refractivity contribution in [3.8, 4) is 0 Å². The molecule has 1 aromatic rings. The number of hydrogen-bond acceptors (Lipinski definition) is 3. The molecular weight excluding hydrogens is 282 g/mol. The minimum atomic E-state index is -3.03. The molecule has 114 valence electrons. The van der Waals surface area contributed by atoms with Crippen LogP contribution in [0.25, 0.3) is 0 Å². The summed E-state index contributed by atoms with van der Waals surface area (Å²) in [7, 11) is 1.51. The molecule has 2 N–H and O–H groups in total. The van der Waals surface area contributed by atoms with Gasteiger partial charge in [-0.25, -0.2) is 4.79 Å². The van der Waals surface area contributed by atoms with Crippen LogP contribution in [0.3, 0.4) is 0 Å². The van der Waals surface area contributed by atoms with Gasteiger partial charge in [0.25, 0.3) is 11.8 Å². The number of hydrogen-bond donors (Lipinski definition) is 2. The van der Waals surface area contributed by atoms with Crippen molar-refractivity contribution in [2.24, 2.45) is 0 Å². The zero-order valence-corrected chi connectivity index (χ0v) is 11.7. The highest BCUT2D eigenvalue weighted by atomic mass is 19.3. The summed E-state index contributed by atoms with van der Waals surface area (Å²) in [6, 6.07) is 2.08. The first-order valence-electron chi connectivity index (χ1n) is 6.43. The lowest BCUT2D eigenvalue weighted by molar-refractivity contribution is 0.0126. The average Bonchev–Trinajstić information content (AvgIpc) is 2.40. The second-order valence-corrected chi connectivity index (χ2v) is 4.95. The lowest BCUT2D eigenvalue weighted by atomic mass is 10.1. The lowest BCUT2D eigenvalue weighted by Crippen LogP contribution is -2.62. The number of rotatable bonds is 3. The standard InChI is InChI=1S/C13H16F2N4O2/c1-13(14,15)10-4-3-8(5-17-10)11(20)19-6-9(7-19)18-12(21)16-2/h3-5,9H,6-7H2,1-2H3,(H2,16,18,21). The Morgan fingerprint density at radius 2 is 2.05 bits per heavy atom. The maximum Gasteiger partial charge on any atom is 0.314 e. The molecule has 1 fully saturated rings. The number of carbonyl (C=O) groups excluding carboxylic acids is 2. The first-order valence-corrected chi connectivity index (χ1v) is 6.43. The minimum absolute atomic E-state index is 0.0962. The van der Waals surface area contributed by atoms with Gasteiger partial charge in [0.15, 0.2) is 0 Å². The molecule has 0 unspecified atom stereocenters. The van der Waals surface area contributed by atoms with Gasteiger partial charge in [0.2, 0.25) is 0 Å². The summed E-state index contributed by atoms with van der Waals surface area (Å²) >= 11 is 0. The van der Waals surface area contributed by atoms with E-state index < -0.39 is 5.92 Å². The van der Waals surface area contributed by atoms with E-state index in [1.165, 1.54) is 18.0 Å². The van der Waals surface area contributed by atoms with Gasteiger partial charge in [0.05, 0.1) is 11.6 Å². The van der Waals surface area contributed by atoms with Gasteiger partial charge in [-0.1, -0.05) is 0 Å². The topological polar surface area (TPSA) is 74.3 Å². The number of carbonyl (C=O) groups is 2. The number of halogens is 2. The summed E-state index contributed by atoms with van der Waals surface area (Å²) in [4.78, 5) is 28.3. The monoisotopic (exact) mass is 298 g/mol. The van der Waals surface area contributed by atoms with E-state index in [1.807, 2.05) is 0 Å². The molecule has 2 rings (SSSR count). The summed E-state index contributed by atoms with van der Waals surface area (Å²) in [6.45, 7) is 1.52. The second kappa shape index (κ2) is 5.63. The van der Waals surface area contributed by atoms with Crippen LogP contribution >= 0.6 is 0 Å². The Hall–Kier alpha value is -2.25. The Balaban J connectivity index is 1.92. The van der Waals surface area contributed by atoms with Crippen LogP contribution in [0.4, 0.5) is 13.6 Å². The first-order chi connectivity index (χ1) is 9.81. The molecule has 3 amide bonds. The molecule has 0 aliphatic carbocycles. The fraction of sp³-hybridized carbons (Fsp3) is 0.462. The summed E-state index contributed by atoms with van der Waals surface area (Å²) in [5.74, 6) is -3.32. The molecule has 1 aliphatic heterocycles. The van der Waals surface area contributed by atoms with Gasteiger partial charge in [-0.05, 0) is 12.1 Å². The van der Waals surface area contributed by atoms with Gasteiger partial charge >= 0.3 is 6.03 Å². The van der Waals surface area contributed by atoms with Crippen LogP contribution in [-0.2, 0) is 5.92 Å². The molecule has 8 heteroatoms. The zero-order chi connectivity index (χ0) is 15.6. The molecule has 2 heterocycles. The van der Waals surface area contributed by atoms with E-state index in [4.69, 9.17) is 0 Å². The predicted octanol–water partition coefficient (Wildman–Crippen LogP) is 0.947. The number of likely N-dealkylation sites (tertiary alicyclic amines) is 1. The smallest absolute Gasteiger partial charge is 0.314 e. The summed E-state index contributed by atoms with van der Waals surface area (Å²) in [5.41, 5.74) is -0.122. The van der Waals surface area contributed by atoms with Crippen LogP contribution in [0.1, 0.15) is 23.0 Å². The lowest BCUT2D eigenvalue weighted by Gasteiger charge is -2.39. The Kier molecular flexibility index (Phi) is 4.06. The third-order valence-corrected chi connectivity index (χ3v) is 3.19. The van der Waals surface area contributed by atoms with Crippen molar-refractivity contribution in [3.05, 3.63) is 29.6 Å². The van der Waals surface area contributed by atoms with Gasteiger partial charge in [-0.2, -0.15) is 8.78 Å². The van der Waals surface area contributed by atoms with E-state index in [0.717, 1.165) is 19.2 Å². The largest absolute Gasteiger partial charge is 0.341 e. The second-order valence-electron chi connectivity index (χ2n) is 4.95. The third-order valence-electron chi connectivity index (χ3n) is 3.19. The van der Waals surface area contributed by atoms with Crippen LogP contribution in [0.15, 0.2) is 18.3 Å². The van der Waals surface area contributed by atoms with Crippen LogP contribution in [0.5, 0.6) is 0 Å². The fourth-order valence-corrected chi connectivity index (χ4v) is 1.96. The molecule has 1 aliphatic rings. The van der Waals surface area contributed by atoms with Crippen molar-refractivity contribution < 1.29 is 18.4 Å². The molecular formula is C13H16F2N4O2. The zero-order valence-electron chi connectivity index (χ0n) is 11.7. The quantitative estimate of drug-likeness (QED) is 0.872. The first kappa shape index (κ1) is 15.1. The van der Waals surface area contributed by atoms with E-state index in [9.17, 15) is 18.4 Å². The van der Waals surface area contributed by atoms with Crippen molar-refractivity contribution in [2.45, 2.75) is 18.9 Å². The third kappa shape index (κ3) is 3.45. The van der Waals surface area contributed by atoms with Gasteiger partial charge in [0, 0.05) is 33.3 Å². The number of pyridine rings is 1. The number of aromatic nitrogens is 1. The molecule has 1 saturated heterocycles.